The number of hydrogen-bond donors (Lipinski definition) is 2. The van der Waals surface area contributed by atoms with Gasteiger partial charge in [0.05, 0.1) is 21.2 Å². The normalized spacial score (nSPS) is 11.6. The highest BCUT2D eigenvalue weighted by Crippen LogP contribution is 2.48. The van der Waals surface area contributed by atoms with Crippen LogP contribution < -0.4 is 0 Å². The molecule has 0 amide bonds. The van der Waals surface area contributed by atoms with E-state index in [2.05, 4.69) is 0 Å². The molecule has 0 atom stereocenters. The van der Waals surface area contributed by atoms with E-state index in [4.69, 9.17) is 46.4 Å². The fourth-order valence-corrected chi connectivity index (χ4v) is 3.95. The van der Waals surface area contributed by atoms with Crippen LogP contribution in [0.25, 0.3) is 0 Å². The maximum absolute atomic E-state index is 11.8. The number of unbranched alkanes of at least 4 members (excludes halogenated alkanes) is 1. The Morgan fingerprint density at radius 1 is 0.958 bits per heavy atom. The van der Waals surface area contributed by atoms with E-state index in [-0.39, 0.29) is 22.0 Å². The van der Waals surface area contributed by atoms with Crippen LogP contribution in [0.15, 0.2) is 0 Å². The SMILES string of the molecule is CCCCc1c(Cl)c(Cl)c(C(=O)O)c(C(=O)O)c1C(Cl)(Cl)CCC. The molecule has 0 aliphatic rings. The number of carboxylic acid groups (broad SMARTS) is 2. The summed E-state index contributed by atoms with van der Waals surface area (Å²) in [5.74, 6) is -2.95. The van der Waals surface area contributed by atoms with Crippen molar-refractivity contribution < 1.29 is 19.8 Å². The van der Waals surface area contributed by atoms with Crippen molar-refractivity contribution in [2.75, 3.05) is 0 Å². The van der Waals surface area contributed by atoms with Gasteiger partial charge >= 0.3 is 11.9 Å². The second-order valence-corrected chi connectivity index (χ2v) is 7.64. The first-order valence-electron chi connectivity index (χ1n) is 7.48. The van der Waals surface area contributed by atoms with Crippen LogP contribution in [-0.2, 0) is 10.8 Å². The molecule has 0 fully saturated rings. The lowest BCUT2D eigenvalue weighted by atomic mass is 9.89. The maximum atomic E-state index is 11.8. The van der Waals surface area contributed by atoms with E-state index in [1.54, 1.807) is 0 Å². The first kappa shape index (κ1) is 21.4. The Kier molecular flexibility index (Phi) is 7.67. The largest absolute Gasteiger partial charge is 0.478 e. The molecule has 2 N–H and O–H groups in total. The predicted octanol–water partition coefficient (Wildman–Crippen LogP) is 6.16. The van der Waals surface area contributed by atoms with E-state index in [0.717, 1.165) is 6.42 Å². The van der Waals surface area contributed by atoms with Crippen LogP contribution in [0.4, 0.5) is 0 Å². The van der Waals surface area contributed by atoms with Crippen molar-refractivity contribution in [3.63, 3.8) is 0 Å². The van der Waals surface area contributed by atoms with Gasteiger partial charge in [-0.05, 0) is 24.8 Å². The molecule has 1 rings (SSSR count). The molecule has 0 saturated carbocycles. The summed E-state index contributed by atoms with van der Waals surface area (Å²) in [4.78, 5) is 23.4. The fraction of sp³-hybridized carbons (Fsp3) is 0.500. The Hall–Kier alpha value is -0.680. The summed E-state index contributed by atoms with van der Waals surface area (Å²) in [6.07, 6.45) is 2.73. The van der Waals surface area contributed by atoms with Gasteiger partial charge in [-0.15, -0.1) is 0 Å². The summed E-state index contributed by atoms with van der Waals surface area (Å²) < 4.78 is -1.58. The second-order valence-electron chi connectivity index (χ2n) is 5.40. The molecule has 0 radical (unpaired) electrons. The van der Waals surface area contributed by atoms with Crippen LogP contribution in [0, 0.1) is 0 Å². The summed E-state index contributed by atoms with van der Waals surface area (Å²) in [5, 5.41) is 18.7. The number of carbonyl (C=O) groups is 2. The van der Waals surface area contributed by atoms with Crippen molar-refractivity contribution >= 4 is 58.3 Å². The van der Waals surface area contributed by atoms with Gasteiger partial charge in [0.1, 0.15) is 4.33 Å². The van der Waals surface area contributed by atoms with Crippen molar-refractivity contribution in [1.82, 2.24) is 0 Å². The number of rotatable bonds is 8. The van der Waals surface area contributed by atoms with Gasteiger partial charge in [0.15, 0.2) is 0 Å². The third-order valence-electron chi connectivity index (χ3n) is 3.62. The number of aromatic carboxylic acids is 2. The van der Waals surface area contributed by atoms with Gasteiger partial charge in [0.25, 0.3) is 0 Å². The third kappa shape index (κ3) is 4.29. The van der Waals surface area contributed by atoms with E-state index < -0.39 is 27.4 Å². The molecule has 0 heterocycles. The van der Waals surface area contributed by atoms with Crippen LogP contribution >= 0.6 is 46.4 Å². The molecule has 0 aliphatic heterocycles. The van der Waals surface area contributed by atoms with Gasteiger partial charge < -0.3 is 10.2 Å². The smallest absolute Gasteiger partial charge is 0.338 e. The van der Waals surface area contributed by atoms with E-state index in [1.807, 2.05) is 13.8 Å². The molecule has 0 spiro atoms. The fourth-order valence-electron chi connectivity index (χ4n) is 2.58. The summed E-state index contributed by atoms with van der Waals surface area (Å²) >= 11 is 25.1. The first-order chi connectivity index (χ1) is 11.1. The Morgan fingerprint density at radius 2 is 1.50 bits per heavy atom. The molecule has 0 saturated heterocycles. The average Bonchev–Trinajstić information content (AvgIpc) is 2.47. The lowest BCUT2D eigenvalue weighted by molar-refractivity contribution is 0.0650. The minimum absolute atomic E-state index is 0.00991. The standard InChI is InChI=1S/C16H18Cl4O4/c1-3-5-6-8-11(16(19,20)7-4-2)9(14(21)22)10(15(23)24)13(18)12(8)17/h3-7H2,1-2H3,(H,21,22)(H,23,24). The van der Waals surface area contributed by atoms with Crippen LogP contribution in [0.5, 0.6) is 0 Å². The lowest BCUT2D eigenvalue weighted by Crippen LogP contribution is -2.23. The zero-order valence-corrected chi connectivity index (χ0v) is 16.3. The summed E-state index contributed by atoms with van der Waals surface area (Å²) in [6, 6.07) is 0. The van der Waals surface area contributed by atoms with Gasteiger partial charge in [-0.25, -0.2) is 9.59 Å². The molecule has 0 aliphatic carbocycles. The molecule has 4 nitrogen and oxygen atoms in total. The number of hydrogen-bond acceptors (Lipinski definition) is 2. The summed E-state index contributed by atoms with van der Waals surface area (Å²) in [7, 11) is 0. The van der Waals surface area contributed by atoms with Crippen molar-refractivity contribution in [2.24, 2.45) is 0 Å². The molecule has 0 bridgehead atoms. The molecular weight excluding hydrogens is 398 g/mol. The van der Waals surface area contributed by atoms with Gasteiger partial charge in [-0.3, -0.25) is 0 Å². The predicted molar refractivity (Wildman–Crippen MR) is 97.3 cm³/mol. The topological polar surface area (TPSA) is 74.6 Å². The zero-order chi connectivity index (χ0) is 18.7. The van der Waals surface area contributed by atoms with Crippen molar-refractivity contribution in [3.05, 3.63) is 32.3 Å². The van der Waals surface area contributed by atoms with E-state index in [9.17, 15) is 19.8 Å². The molecule has 1 aromatic rings. The molecule has 8 heteroatoms. The van der Waals surface area contributed by atoms with E-state index in [0.29, 0.717) is 24.8 Å². The van der Waals surface area contributed by atoms with Crippen molar-refractivity contribution in [1.29, 1.82) is 0 Å². The summed E-state index contributed by atoms with van der Waals surface area (Å²) in [6.45, 7) is 3.79. The Balaban J connectivity index is 3.96. The van der Waals surface area contributed by atoms with Crippen LogP contribution in [0.2, 0.25) is 10.0 Å². The van der Waals surface area contributed by atoms with E-state index >= 15 is 0 Å². The Labute approximate surface area is 160 Å². The molecular formula is C16H18Cl4O4. The van der Waals surface area contributed by atoms with Crippen LogP contribution in [0.1, 0.15) is 71.4 Å². The Morgan fingerprint density at radius 3 is 1.92 bits per heavy atom. The number of alkyl halides is 2. The number of halogens is 4. The number of carboxylic acids is 2. The maximum Gasteiger partial charge on any atom is 0.338 e. The molecule has 0 aromatic heterocycles. The minimum Gasteiger partial charge on any atom is -0.478 e. The average molecular weight is 416 g/mol. The first-order valence-corrected chi connectivity index (χ1v) is 8.99. The van der Waals surface area contributed by atoms with Crippen molar-refractivity contribution in [3.8, 4) is 0 Å². The summed E-state index contributed by atoms with van der Waals surface area (Å²) in [5.41, 5.74) is -0.669. The van der Waals surface area contributed by atoms with Gasteiger partial charge in [0, 0.05) is 5.56 Å². The highest BCUT2D eigenvalue weighted by Gasteiger charge is 2.39. The van der Waals surface area contributed by atoms with Gasteiger partial charge in [-0.1, -0.05) is 73.1 Å². The number of benzene rings is 1. The van der Waals surface area contributed by atoms with Crippen LogP contribution in [-0.4, -0.2) is 22.2 Å². The molecule has 1 aromatic carbocycles. The van der Waals surface area contributed by atoms with Gasteiger partial charge in [-0.2, -0.15) is 0 Å². The minimum atomic E-state index is -1.58. The van der Waals surface area contributed by atoms with E-state index in [1.165, 1.54) is 0 Å². The van der Waals surface area contributed by atoms with Crippen molar-refractivity contribution in [2.45, 2.75) is 50.3 Å². The Bertz CT molecular complexity index is 656. The lowest BCUT2D eigenvalue weighted by Gasteiger charge is -2.27. The third-order valence-corrected chi connectivity index (χ3v) is 5.26. The second kappa shape index (κ2) is 8.61. The molecule has 134 valence electrons. The highest BCUT2D eigenvalue weighted by atomic mass is 35.5. The van der Waals surface area contributed by atoms with Gasteiger partial charge in [0.2, 0.25) is 0 Å². The molecule has 24 heavy (non-hydrogen) atoms. The monoisotopic (exact) mass is 414 g/mol. The molecule has 0 unspecified atom stereocenters. The zero-order valence-electron chi connectivity index (χ0n) is 13.3. The quantitative estimate of drug-likeness (QED) is 0.498. The van der Waals surface area contributed by atoms with Crippen LogP contribution in [0.3, 0.4) is 0 Å². The highest BCUT2D eigenvalue weighted by molar-refractivity contribution is 6.49.